The highest BCUT2D eigenvalue weighted by molar-refractivity contribution is 7.92. The number of para-hydroxylation sites is 1. The van der Waals surface area contributed by atoms with Gasteiger partial charge in [0.05, 0.1) is 17.2 Å². The van der Waals surface area contributed by atoms with Crippen LogP contribution in [0.15, 0.2) is 83.8 Å². The number of hydrogen-bond donors (Lipinski definition) is 1. The molecule has 0 saturated heterocycles. The summed E-state index contributed by atoms with van der Waals surface area (Å²) in [6, 6.07) is 21.9. The van der Waals surface area contributed by atoms with Crippen LogP contribution in [0.2, 0.25) is 0 Å². The minimum Gasteiger partial charge on any atom is -0.494 e. The van der Waals surface area contributed by atoms with Crippen molar-refractivity contribution in [2.45, 2.75) is 25.2 Å². The highest BCUT2D eigenvalue weighted by atomic mass is 32.2. The van der Waals surface area contributed by atoms with E-state index in [1.54, 1.807) is 60.7 Å². The molecule has 0 aliphatic rings. The Hall–Kier alpha value is -3.32. The van der Waals surface area contributed by atoms with Gasteiger partial charge < -0.3 is 10.1 Å². The third-order valence-electron chi connectivity index (χ3n) is 4.97. The van der Waals surface area contributed by atoms with Gasteiger partial charge in [-0.05, 0) is 73.0 Å². The molecule has 0 radical (unpaired) electrons. The lowest BCUT2D eigenvalue weighted by Crippen LogP contribution is -2.26. The minimum atomic E-state index is -3.70. The lowest BCUT2D eigenvalue weighted by molar-refractivity contribution is 0.102. The summed E-state index contributed by atoms with van der Waals surface area (Å²) in [6.07, 6.45) is 0.967. The van der Waals surface area contributed by atoms with Gasteiger partial charge in [0.15, 0.2) is 0 Å². The van der Waals surface area contributed by atoms with Gasteiger partial charge in [-0.15, -0.1) is 0 Å². The molecule has 0 atom stereocenters. The van der Waals surface area contributed by atoms with E-state index in [4.69, 9.17) is 4.74 Å². The fraction of sp³-hybridized carbons (Fsp3) is 0.240. The molecule has 0 unspecified atom stereocenters. The average molecular weight is 453 g/mol. The third-order valence-corrected chi connectivity index (χ3v) is 6.77. The number of ether oxygens (including phenoxy) is 1. The maximum Gasteiger partial charge on any atom is 0.264 e. The maximum atomic E-state index is 12.9. The van der Waals surface area contributed by atoms with Crippen LogP contribution < -0.4 is 14.4 Å². The monoisotopic (exact) mass is 452 g/mol. The molecule has 0 bridgehead atoms. The van der Waals surface area contributed by atoms with Crippen LogP contribution in [0.1, 0.15) is 30.6 Å². The van der Waals surface area contributed by atoms with Crippen molar-refractivity contribution in [2.75, 3.05) is 23.3 Å². The van der Waals surface area contributed by atoms with Crippen LogP contribution in [-0.2, 0) is 10.0 Å². The quantitative estimate of drug-likeness (QED) is 0.485. The summed E-state index contributed by atoms with van der Waals surface area (Å²) in [7, 11) is -2.19. The molecule has 0 aliphatic heterocycles. The summed E-state index contributed by atoms with van der Waals surface area (Å²) >= 11 is 0. The largest absolute Gasteiger partial charge is 0.494 e. The zero-order chi connectivity index (χ0) is 23.1. The number of amides is 1. The molecule has 0 heterocycles. The van der Waals surface area contributed by atoms with Crippen molar-refractivity contribution in [3.63, 3.8) is 0 Å². The average Bonchev–Trinajstić information content (AvgIpc) is 2.79. The van der Waals surface area contributed by atoms with Crippen LogP contribution in [0.4, 0.5) is 11.4 Å². The molecule has 3 aromatic carbocycles. The molecule has 0 aliphatic carbocycles. The molecule has 1 N–H and O–H groups in total. The molecule has 0 aromatic heterocycles. The lowest BCUT2D eigenvalue weighted by atomic mass is 10.1. The Morgan fingerprint density at radius 3 is 2.16 bits per heavy atom. The van der Waals surface area contributed by atoms with E-state index in [0.717, 1.165) is 12.2 Å². The van der Waals surface area contributed by atoms with Gasteiger partial charge in [0.25, 0.3) is 15.9 Å². The predicted octanol–water partition coefficient (Wildman–Crippen LogP) is 5.19. The van der Waals surface area contributed by atoms with Gasteiger partial charge >= 0.3 is 0 Å². The second-order valence-corrected chi connectivity index (χ2v) is 9.81. The molecule has 168 valence electrons. The van der Waals surface area contributed by atoms with Crippen molar-refractivity contribution in [2.24, 2.45) is 5.92 Å². The van der Waals surface area contributed by atoms with E-state index in [0.29, 0.717) is 29.5 Å². The molecule has 32 heavy (non-hydrogen) atoms. The number of nitrogens with zero attached hydrogens (tertiary/aromatic N) is 1. The van der Waals surface area contributed by atoms with E-state index >= 15 is 0 Å². The molecule has 0 fully saturated rings. The molecule has 0 spiro atoms. The summed E-state index contributed by atoms with van der Waals surface area (Å²) in [5, 5.41) is 2.79. The van der Waals surface area contributed by atoms with Crippen LogP contribution in [-0.4, -0.2) is 28.0 Å². The van der Waals surface area contributed by atoms with E-state index in [2.05, 4.69) is 19.2 Å². The number of rotatable bonds is 9. The molecule has 0 saturated carbocycles. The number of anilines is 2. The van der Waals surface area contributed by atoms with Crippen LogP contribution in [0, 0.1) is 5.92 Å². The molecule has 3 rings (SSSR count). The Bertz CT molecular complexity index is 1130. The van der Waals surface area contributed by atoms with Gasteiger partial charge in [-0.1, -0.05) is 32.0 Å². The summed E-state index contributed by atoms with van der Waals surface area (Å²) in [6.45, 7) is 4.92. The van der Waals surface area contributed by atoms with Gasteiger partial charge in [-0.2, -0.15) is 0 Å². The predicted molar refractivity (Wildman–Crippen MR) is 128 cm³/mol. The van der Waals surface area contributed by atoms with E-state index in [-0.39, 0.29) is 10.8 Å². The van der Waals surface area contributed by atoms with Crippen molar-refractivity contribution in [1.29, 1.82) is 0 Å². The van der Waals surface area contributed by atoms with Gasteiger partial charge in [0.2, 0.25) is 0 Å². The van der Waals surface area contributed by atoms with Crippen molar-refractivity contribution < 1.29 is 17.9 Å². The molecular weight excluding hydrogens is 424 g/mol. The molecule has 6 nitrogen and oxygen atoms in total. The van der Waals surface area contributed by atoms with Gasteiger partial charge in [0.1, 0.15) is 5.75 Å². The van der Waals surface area contributed by atoms with E-state index < -0.39 is 10.0 Å². The van der Waals surface area contributed by atoms with Crippen LogP contribution in [0.5, 0.6) is 5.75 Å². The summed E-state index contributed by atoms with van der Waals surface area (Å²) < 4.78 is 32.6. The third kappa shape index (κ3) is 5.88. The Balaban J connectivity index is 1.63. The van der Waals surface area contributed by atoms with E-state index in [9.17, 15) is 13.2 Å². The Labute approximate surface area is 189 Å². The first-order chi connectivity index (χ1) is 15.3. The first-order valence-electron chi connectivity index (χ1n) is 10.5. The lowest BCUT2D eigenvalue weighted by Gasteiger charge is -2.19. The number of carbonyl (C=O) groups is 1. The number of sulfonamides is 1. The maximum absolute atomic E-state index is 12.9. The van der Waals surface area contributed by atoms with Gasteiger partial charge in [0, 0.05) is 18.3 Å². The number of nitrogens with one attached hydrogen (secondary N) is 1. The Morgan fingerprint density at radius 1 is 0.938 bits per heavy atom. The second-order valence-electron chi connectivity index (χ2n) is 7.84. The normalized spacial score (nSPS) is 11.2. The fourth-order valence-electron chi connectivity index (χ4n) is 2.96. The zero-order valence-corrected chi connectivity index (χ0v) is 19.3. The summed E-state index contributed by atoms with van der Waals surface area (Å²) in [5.74, 6) is 1.01. The van der Waals surface area contributed by atoms with Crippen LogP contribution in [0.25, 0.3) is 0 Å². The van der Waals surface area contributed by atoms with E-state index in [1.165, 1.54) is 23.5 Å². The van der Waals surface area contributed by atoms with E-state index in [1.807, 2.05) is 6.07 Å². The standard InChI is InChI=1S/C25H28N2O4S/c1-19(2)17-18-31-23-13-9-20(10-14-23)25(28)26-21-11-15-24(16-12-21)32(29,30)27(3)22-7-5-4-6-8-22/h4-16,19H,17-18H2,1-3H3,(H,26,28). The first-order valence-corrected chi connectivity index (χ1v) is 11.9. The molecule has 1 amide bonds. The Kier molecular flexibility index (Phi) is 7.53. The Morgan fingerprint density at radius 2 is 1.56 bits per heavy atom. The number of carbonyl (C=O) groups excluding carboxylic acids is 1. The SMILES string of the molecule is CC(C)CCOc1ccc(C(=O)Nc2ccc(S(=O)(=O)N(C)c3ccccc3)cc2)cc1. The highest BCUT2D eigenvalue weighted by Crippen LogP contribution is 2.23. The highest BCUT2D eigenvalue weighted by Gasteiger charge is 2.21. The fourth-order valence-corrected chi connectivity index (χ4v) is 4.16. The summed E-state index contributed by atoms with van der Waals surface area (Å²) in [5.41, 5.74) is 1.57. The van der Waals surface area contributed by atoms with Crippen LogP contribution in [0.3, 0.4) is 0 Å². The topological polar surface area (TPSA) is 75.7 Å². The second kappa shape index (κ2) is 10.3. The summed E-state index contributed by atoms with van der Waals surface area (Å²) in [4.78, 5) is 12.7. The minimum absolute atomic E-state index is 0.143. The molecule has 7 heteroatoms. The van der Waals surface area contributed by atoms with Crippen molar-refractivity contribution in [1.82, 2.24) is 0 Å². The first kappa shape index (κ1) is 23.3. The van der Waals surface area contributed by atoms with Crippen molar-refractivity contribution in [3.05, 3.63) is 84.4 Å². The zero-order valence-electron chi connectivity index (χ0n) is 18.5. The molecular formula is C25H28N2O4S. The van der Waals surface area contributed by atoms with Crippen molar-refractivity contribution >= 4 is 27.3 Å². The van der Waals surface area contributed by atoms with Crippen LogP contribution >= 0.6 is 0 Å². The van der Waals surface area contributed by atoms with Crippen molar-refractivity contribution in [3.8, 4) is 5.75 Å². The van der Waals surface area contributed by atoms with Gasteiger partial charge in [-0.3, -0.25) is 9.10 Å². The number of hydrogen-bond acceptors (Lipinski definition) is 4. The number of benzene rings is 3. The van der Waals surface area contributed by atoms with Gasteiger partial charge in [-0.25, -0.2) is 8.42 Å². The molecule has 3 aromatic rings. The smallest absolute Gasteiger partial charge is 0.264 e.